The van der Waals surface area contributed by atoms with Gasteiger partial charge in [-0.25, -0.2) is 4.98 Å². The van der Waals surface area contributed by atoms with Gasteiger partial charge in [-0.1, -0.05) is 13.8 Å². The molecule has 1 aliphatic heterocycles. The molecule has 1 aromatic heterocycles. The number of hydrogen-bond acceptors (Lipinski definition) is 4. The number of nitrogens with two attached hydrogens (primary N) is 1. The largest absolute Gasteiger partial charge is 0.395 e. The van der Waals surface area contributed by atoms with Crippen molar-refractivity contribution in [3.05, 3.63) is 17.6 Å². The molecule has 0 spiro atoms. The van der Waals surface area contributed by atoms with Gasteiger partial charge in [0.15, 0.2) is 0 Å². The lowest BCUT2D eigenvalue weighted by atomic mass is 9.84. The van der Waals surface area contributed by atoms with Gasteiger partial charge >= 0.3 is 0 Å². The number of hydrogen-bond donors (Lipinski definition) is 1. The van der Waals surface area contributed by atoms with Gasteiger partial charge in [-0.15, -0.1) is 11.3 Å². The number of nitrogens with zero attached hydrogens (tertiary/aromatic N) is 2. The maximum Gasteiger partial charge on any atom is 0.106 e. The van der Waals surface area contributed by atoms with E-state index in [9.17, 15) is 0 Å². The van der Waals surface area contributed by atoms with E-state index in [-0.39, 0.29) is 0 Å². The van der Waals surface area contributed by atoms with Crippen LogP contribution in [0.4, 0.5) is 11.4 Å². The average Bonchev–Trinajstić information content (AvgIpc) is 2.77. The van der Waals surface area contributed by atoms with Gasteiger partial charge in [0.05, 0.1) is 21.6 Å². The summed E-state index contributed by atoms with van der Waals surface area (Å²) in [5, 5.41) is 0. The number of nitrogen functional groups attached to an aromatic ring is 1. The van der Waals surface area contributed by atoms with Crippen molar-refractivity contribution in [1.29, 1.82) is 0 Å². The Labute approximate surface area is 112 Å². The zero-order valence-electron chi connectivity index (χ0n) is 10.9. The van der Waals surface area contributed by atoms with Crippen LogP contribution in [-0.4, -0.2) is 18.1 Å². The smallest absolute Gasteiger partial charge is 0.106 e. The second-order valence-electron chi connectivity index (χ2n) is 5.89. The second kappa shape index (κ2) is 4.12. The molecule has 1 aromatic carbocycles. The molecule has 4 heteroatoms. The highest BCUT2D eigenvalue weighted by atomic mass is 32.1. The first-order chi connectivity index (χ1) is 8.57. The third kappa shape index (κ3) is 1.94. The monoisotopic (exact) mass is 261 g/mol. The maximum atomic E-state index is 6.29. The van der Waals surface area contributed by atoms with Crippen molar-refractivity contribution in [1.82, 2.24) is 4.98 Å². The van der Waals surface area contributed by atoms with Crippen LogP contribution in [0.5, 0.6) is 0 Å². The van der Waals surface area contributed by atoms with E-state index in [1.807, 2.05) is 5.51 Å². The first-order valence-electron chi connectivity index (χ1n) is 6.43. The standard InChI is InChI=1S/C14H19N3S/c1-14(2)6-3-7-17(8-14)10-4-5-11-13(12(10)15)16-9-18-11/h4-5,9H,3,6-8,15H2,1-2H3. The summed E-state index contributed by atoms with van der Waals surface area (Å²) in [6.45, 7) is 6.84. The van der Waals surface area contributed by atoms with Crippen molar-refractivity contribution >= 4 is 32.9 Å². The zero-order valence-corrected chi connectivity index (χ0v) is 11.8. The van der Waals surface area contributed by atoms with E-state index >= 15 is 0 Å². The van der Waals surface area contributed by atoms with Crippen molar-refractivity contribution in [2.75, 3.05) is 23.7 Å². The van der Waals surface area contributed by atoms with Gasteiger partial charge in [-0.05, 0) is 30.4 Å². The van der Waals surface area contributed by atoms with E-state index < -0.39 is 0 Å². The molecule has 0 amide bonds. The van der Waals surface area contributed by atoms with Crippen LogP contribution in [0.3, 0.4) is 0 Å². The Balaban J connectivity index is 2.01. The van der Waals surface area contributed by atoms with E-state index in [0.717, 1.165) is 30.0 Å². The number of anilines is 2. The van der Waals surface area contributed by atoms with Gasteiger partial charge in [-0.2, -0.15) is 0 Å². The van der Waals surface area contributed by atoms with Crippen molar-refractivity contribution in [2.45, 2.75) is 26.7 Å². The van der Waals surface area contributed by atoms with Crippen LogP contribution in [-0.2, 0) is 0 Å². The van der Waals surface area contributed by atoms with E-state index in [1.54, 1.807) is 11.3 Å². The molecule has 0 radical (unpaired) electrons. The molecule has 0 saturated carbocycles. The maximum absolute atomic E-state index is 6.29. The predicted octanol–water partition coefficient (Wildman–Crippen LogP) is 3.50. The van der Waals surface area contributed by atoms with Gasteiger partial charge in [0.2, 0.25) is 0 Å². The van der Waals surface area contributed by atoms with Crippen molar-refractivity contribution in [2.24, 2.45) is 5.41 Å². The SMILES string of the molecule is CC1(C)CCCN(c2ccc3scnc3c2N)C1. The lowest BCUT2D eigenvalue weighted by Gasteiger charge is -2.39. The zero-order chi connectivity index (χ0) is 12.8. The third-order valence-corrected chi connectivity index (χ3v) is 4.55. The lowest BCUT2D eigenvalue weighted by Crippen LogP contribution is -2.40. The molecule has 0 atom stereocenters. The third-order valence-electron chi connectivity index (χ3n) is 3.76. The molecule has 2 heterocycles. The van der Waals surface area contributed by atoms with Gasteiger partial charge in [0.1, 0.15) is 5.52 Å². The predicted molar refractivity (Wildman–Crippen MR) is 79.3 cm³/mol. The molecule has 1 aliphatic rings. The average molecular weight is 261 g/mol. The van der Waals surface area contributed by atoms with Crippen molar-refractivity contribution in [3.8, 4) is 0 Å². The van der Waals surface area contributed by atoms with Crippen LogP contribution in [0.1, 0.15) is 26.7 Å². The minimum atomic E-state index is 0.377. The Hall–Kier alpha value is -1.29. The number of piperidine rings is 1. The van der Waals surface area contributed by atoms with Crippen molar-refractivity contribution < 1.29 is 0 Å². The first-order valence-corrected chi connectivity index (χ1v) is 7.31. The number of thiazole rings is 1. The van der Waals surface area contributed by atoms with Gasteiger partial charge in [-0.3, -0.25) is 0 Å². The van der Waals surface area contributed by atoms with Crippen LogP contribution in [0, 0.1) is 5.41 Å². The van der Waals surface area contributed by atoms with Crippen LogP contribution in [0.25, 0.3) is 10.2 Å². The summed E-state index contributed by atoms with van der Waals surface area (Å²) in [5.41, 5.74) is 11.5. The lowest BCUT2D eigenvalue weighted by molar-refractivity contribution is 0.293. The Bertz CT molecular complexity index is 573. The van der Waals surface area contributed by atoms with Crippen LogP contribution >= 0.6 is 11.3 Å². The number of aromatic nitrogens is 1. The number of benzene rings is 1. The molecule has 0 aliphatic carbocycles. The first kappa shape index (κ1) is 11.8. The summed E-state index contributed by atoms with van der Waals surface area (Å²) < 4.78 is 1.17. The molecule has 1 saturated heterocycles. The fourth-order valence-corrected chi connectivity index (χ4v) is 3.54. The Morgan fingerprint density at radius 1 is 1.39 bits per heavy atom. The molecule has 3 rings (SSSR count). The molecule has 96 valence electrons. The molecule has 2 aromatic rings. The topological polar surface area (TPSA) is 42.2 Å². The fourth-order valence-electron chi connectivity index (χ4n) is 2.85. The Kier molecular flexibility index (Phi) is 2.70. The molecule has 18 heavy (non-hydrogen) atoms. The summed E-state index contributed by atoms with van der Waals surface area (Å²) in [5.74, 6) is 0. The molecule has 0 bridgehead atoms. The van der Waals surface area contributed by atoms with Crippen LogP contribution in [0.15, 0.2) is 17.6 Å². The minimum absolute atomic E-state index is 0.377. The van der Waals surface area contributed by atoms with E-state index in [4.69, 9.17) is 5.73 Å². The van der Waals surface area contributed by atoms with Gasteiger partial charge in [0.25, 0.3) is 0 Å². The summed E-state index contributed by atoms with van der Waals surface area (Å²) in [6, 6.07) is 4.29. The van der Waals surface area contributed by atoms with Crippen LogP contribution in [0.2, 0.25) is 0 Å². The van der Waals surface area contributed by atoms with Gasteiger partial charge in [0, 0.05) is 13.1 Å². The fraction of sp³-hybridized carbons (Fsp3) is 0.500. The van der Waals surface area contributed by atoms with Crippen molar-refractivity contribution in [3.63, 3.8) is 0 Å². The Morgan fingerprint density at radius 2 is 2.22 bits per heavy atom. The Morgan fingerprint density at radius 3 is 3.00 bits per heavy atom. The van der Waals surface area contributed by atoms with E-state index in [2.05, 4.69) is 35.9 Å². The van der Waals surface area contributed by atoms with Gasteiger partial charge < -0.3 is 10.6 Å². The summed E-state index contributed by atoms with van der Waals surface area (Å²) in [7, 11) is 0. The minimum Gasteiger partial charge on any atom is -0.395 e. The highest BCUT2D eigenvalue weighted by Gasteiger charge is 2.27. The molecular formula is C14H19N3S. The summed E-state index contributed by atoms with van der Waals surface area (Å²) in [6.07, 6.45) is 2.53. The highest BCUT2D eigenvalue weighted by Crippen LogP contribution is 2.37. The molecule has 0 unspecified atom stereocenters. The second-order valence-corrected chi connectivity index (χ2v) is 6.77. The molecule has 1 fully saturated rings. The highest BCUT2D eigenvalue weighted by molar-refractivity contribution is 7.16. The number of rotatable bonds is 1. The number of fused-ring (bicyclic) bond motifs is 1. The summed E-state index contributed by atoms with van der Waals surface area (Å²) >= 11 is 1.65. The molecule has 3 nitrogen and oxygen atoms in total. The summed E-state index contributed by atoms with van der Waals surface area (Å²) in [4.78, 5) is 6.79. The normalized spacial score (nSPS) is 19.3. The molecular weight excluding hydrogens is 242 g/mol. The molecule has 2 N–H and O–H groups in total. The van der Waals surface area contributed by atoms with E-state index in [0.29, 0.717) is 5.41 Å². The quantitative estimate of drug-likeness (QED) is 0.799. The van der Waals surface area contributed by atoms with Crippen LogP contribution < -0.4 is 10.6 Å². The van der Waals surface area contributed by atoms with E-state index in [1.165, 1.54) is 17.5 Å².